The quantitative estimate of drug-likeness (QED) is 0.689. The first kappa shape index (κ1) is 16.1. The van der Waals surface area contributed by atoms with Crippen molar-refractivity contribution in [2.75, 3.05) is 28.1 Å². The Hall–Kier alpha value is -3.42. The Balaban J connectivity index is 1.74. The van der Waals surface area contributed by atoms with Gasteiger partial charge in [-0.25, -0.2) is 0 Å². The second-order valence-corrected chi connectivity index (χ2v) is 5.39. The minimum atomic E-state index is 0.205. The van der Waals surface area contributed by atoms with E-state index < -0.39 is 0 Å². The molecule has 26 heavy (non-hydrogen) atoms. The number of hydrogen-bond acceptors (Lipinski definition) is 8. The van der Waals surface area contributed by atoms with Gasteiger partial charge in [-0.3, -0.25) is 0 Å². The smallest absolute Gasteiger partial charge is 0.252 e. The Morgan fingerprint density at radius 2 is 1.46 bits per heavy atom. The summed E-state index contributed by atoms with van der Waals surface area (Å²) in [6.07, 6.45) is 0. The van der Waals surface area contributed by atoms with Crippen LogP contribution in [0.25, 0.3) is 22.9 Å². The highest BCUT2D eigenvalue weighted by Crippen LogP contribution is 2.41. The van der Waals surface area contributed by atoms with Crippen molar-refractivity contribution < 1.29 is 28.1 Å². The lowest BCUT2D eigenvalue weighted by Crippen LogP contribution is -1.95. The number of hydrogen-bond donors (Lipinski definition) is 0. The van der Waals surface area contributed by atoms with Gasteiger partial charge in [0, 0.05) is 17.7 Å². The normalized spacial score (nSPS) is 12.1. The second-order valence-electron chi connectivity index (χ2n) is 5.39. The van der Waals surface area contributed by atoms with Gasteiger partial charge in [-0.1, -0.05) is 0 Å². The van der Waals surface area contributed by atoms with Gasteiger partial charge in [0.1, 0.15) is 5.75 Å². The van der Waals surface area contributed by atoms with Crippen LogP contribution in [0.3, 0.4) is 0 Å². The number of nitrogens with zero attached hydrogens (tertiary/aromatic N) is 2. The van der Waals surface area contributed by atoms with Gasteiger partial charge in [-0.2, -0.15) is 0 Å². The molecule has 0 unspecified atom stereocenters. The summed E-state index contributed by atoms with van der Waals surface area (Å²) in [4.78, 5) is 0. The second kappa shape index (κ2) is 6.47. The van der Waals surface area contributed by atoms with E-state index in [1.165, 1.54) is 0 Å². The topological polar surface area (TPSA) is 85.1 Å². The maximum absolute atomic E-state index is 5.84. The molecule has 1 aliphatic heterocycles. The van der Waals surface area contributed by atoms with Gasteiger partial charge < -0.3 is 28.1 Å². The zero-order valence-corrected chi connectivity index (χ0v) is 14.4. The van der Waals surface area contributed by atoms with Gasteiger partial charge in [0.15, 0.2) is 23.0 Å². The molecule has 0 N–H and O–H groups in total. The Bertz CT molecular complexity index is 953. The molecule has 0 aliphatic carbocycles. The standard InChI is InChI=1S/C18H16N2O6/c1-21-13-8-15(23-3)14(22-2)7-11(13)18-20-19-17(26-18)10-4-5-12-16(6-10)25-9-24-12/h4-8H,9H2,1-3H3. The van der Waals surface area contributed by atoms with Crippen LogP contribution in [0.1, 0.15) is 0 Å². The summed E-state index contributed by atoms with van der Waals surface area (Å²) in [7, 11) is 4.67. The molecule has 0 amide bonds. The number of rotatable bonds is 5. The maximum Gasteiger partial charge on any atom is 0.252 e. The summed E-state index contributed by atoms with van der Waals surface area (Å²) in [5.41, 5.74) is 1.33. The van der Waals surface area contributed by atoms with E-state index in [1.54, 1.807) is 45.6 Å². The summed E-state index contributed by atoms with van der Waals surface area (Å²) < 4.78 is 32.6. The zero-order chi connectivity index (χ0) is 18.1. The largest absolute Gasteiger partial charge is 0.496 e. The number of fused-ring (bicyclic) bond motifs is 1. The van der Waals surface area contributed by atoms with Gasteiger partial charge in [0.05, 0.1) is 26.9 Å². The van der Waals surface area contributed by atoms with Crippen LogP contribution in [0.5, 0.6) is 28.7 Å². The third kappa shape index (κ3) is 2.65. The average molecular weight is 356 g/mol. The highest BCUT2D eigenvalue weighted by atomic mass is 16.7. The molecule has 2 heterocycles. The Labute approximate surface area is 149 Å². The van der Waals surface area contributed by atoms with Crippen molar-refractivity contribution in [3.05, 3.63) is 30.3 Å². The molecule has 0 saturated carbocycles. The number of ether oxygens (including phenoxy) is 5. The fourth-order valence-electron chi connectivity index (χ4n) is 2.67. The molecule has 1 aromatic heterocycles. The third-order valence-electron chi connectivity index (χ3n) is 3.98. The summed E-state index contributed by atoms with van der Waals surface area (Å²) in [5.74, 6) is 3.60. The summed E-state index contributed by atoms with van der Waals surface area (Å²) in [5, 5.41) is 8.25. The van der Waals surface area contributed by atoms with Crippen LogP contribution in [0.4, 0.5) is 0 Å². The van der Waals surface area contributed by atoms with Gasteiger partial charge in [-0.05, 0) is 18.2 Å². The lowest BCUT2D eigenvalue weighted by atomic mass is 10.1. The lowest BCUT2D eigenvalue weighted by molar-refractivity contribution is 0.174. The van der Waals surface area contributed by atoms with Crippen LogP contribution >= 0.6 is 0 Å². The van der Waals surface area contributed by atoms with Crippen LogP contribution in [0.2, 0.25) is 0 Å². The fraction of sp³-hybridized carbons (Fsp3) is 0.222. The Morgan fingerprint density at radius 3 is 2.23 bits per heavy atom. The SMILES string of the molecule is COc1cc(OC)c(-c2nnc(-c3ccc4c(c3)OCO4)o2)cc1OC. The molecule has 0 saturated heterocycles. The molecule has 8 nitrogen and oxygen atoms in total. The van der Waals surface area contributed by atoms with Gasteiger partial charge in [-0.15, -0.1) is 10.2 Å². The summed E-state index contributed by atoms with van der Waals surface area (Å²) in [6.45, 7) is 0.205. The van der Waals surface area contributed by atoms with Gasteiger partial charge >= 0.3 is 0 Å². The van der Waals surface area contributed by atoms with E-state index in [1.807, 2.05) is 6.07 Å². The third-order valence-corrected chi connectivity index (χ3v) is 3.98. The number of methoxy groups -OCH3 is 3. The molecule has 134 valence electrons. The molecule has 0 spiro atoms. The minimum absolute atomic E-state index is 0.205. The molecule has 4 rings (SSSR count). The van der Waals surface area contributed by atoms with Crippen molar-refractivity contribution in [2.45, 2.75) is 0 Å². The van der Waals surface area contributed by atoms with E-state index in [-0.39, 0.29) is 6.79 Å². The van der Waals surface area contributed by atoms with Crippen LogP contribution in [0, 0.1) is 0 Å². The van der Waals surface area contributed by atoms with Crippen molar-refractivity contribution >= 4 is 0 Å². The van der Waals surface area contributed by atoms with Gasteiger partial charge in [0.25, 0.3) is 5.89 Å². The van der Waals surface area contributed by atoms with Crippen molar-refractivity contribution in [1.29, 1.82) is 0 Å². The minimum Gasteiger partial charge on any atom is -0.496 e. The fourth-order valence-corrected chi connectivity index (χ4v) is 2.67. The van der Waals surface area contributed by atoms with E-state index in [4.69, 9.17) is 28.1 Å². The summed E-state index contributed by atoms with van der Waals surface area (Å²) in [6, 6.07) is 8.87. The van der Waals surface area contributed by atoms with Crippen LogP contribution < -0.4 is 23.7 Å². The lowest BCUT2D eigenvalue weighted by Gasteiger charge is -2.12. The molecular formula is C18H16N2O6. The van der Waals surface area contributed by atoms with E-state index in [0.29, 0.717) is 46.1 Å². The van der Waals surface area contributed by atoms with E-state index in [2.05, 4.69) is 10.2 Å². The highest BCUT2D eigenvalue weighted by molar-refractivity contribution is 5.69. The molecule has 3 aromatic rings. The maximum atomic E-state index is 5.84. The van der Waals surface area contributed by atoms with Crippen LogP contribution in [0.15, 0.2) is 34.7 Å². The Kier molecular flexibility index (Phi) is 4.00. The highest BCUT2D eigenvalue weighted by Gasteiger charge is 2.20. The molecule has 1 aliphatic rings. The molecule has 0 fully saturated rings. The van der Waals surface area contributed by atoms with E-state index in [0.717, 1.165) is 5.56 Å². The van der Waals surface area contributed by atoms with Crippen LogP contribution in [-0.4, -0.2) is 38.3 Å². The van der Waals surface area contributed by atoms with Crippen molar-refractivity contribution in [1.82, 2.24) is 10.2 Å². The predicted octanol–water partition coefficient (Wildman–Crippen LogP) is 3.16. The zero-order valence-electron chi connectivity index (χ0n) is 14.4. The molecule has 0 radical (unpaired) electrons. The molecular weight excluding hydrogens is 340 g/mol. The van der Waals surface area contributed by atoms with Crippen LogP contribution in [-0.2, 0) is 0 Å². The number of aromatic nitrogens is 2. The van der Waals surface area contributed by atoms with Gasteiger partial charge in [0.2, 0.25) is 12.7 Å². The molecule has 0 atom stereocenters. The van der Waals surface area contributed by atoms with E-state index >= 15 is 0 Å². The van der Waals surface area contributed by atoms with Crippen molar-refractivity contribution in [3.63, 3.8) is 0 Å². The predicted molar refractivity (Wildman–Crippen MR) is 90.9 cm³/mol. The monoisotopic (exact) mass is 356 g/mol. The van der Waals surface area contributed by atoms with Crippen molar-refractivity contribution in [3.8, 4) is 51.7 Å². The Morgan fingerprint density at radius 1 is 0.769 bits per heavy atom. The number of benzene rings is 2. The van der Waals surface area contributed by atoms with Crippen molar-refractivity contribution in [2.24, 2.45) is 0 Å². The molecule has 2 aromatic carbocycles. The first-order chi connectivity index (χ1) is 12.7. The molecule has 0 bridgehead atoms. The molecule has 8 heteroatoms. The first-order valence-corrected chi connectivity index (χ1v) is 7.77. The van der Waals surface area contributed by atoms with E-state index in [9.17, 15) is 0 Å². The summed E-state index contributed by atoms with van der Waals surface area (Å²) >= 11 is 0. The average Bonchev–Trinajstić information content (AvgIpc) is 3.35. The first-order valence-electron chi connectivity index (χ1n) is 7.77.